The van der Waals surface area contributed by atoms with Gasteiger partial charge in [0.25, 0.3) is 5.91 Å². The van der Waals surface area contributed by atoms with Crippen molar-refractivity contribution in [3.63, 3.8) is 0 Å². The van der Waals surface area contributed by atoms with Gasteiger partial charge in [-0.1, -0.05) is 37.3 Å². The van der Waals surface area contributed by atoms with Crippen molar-refractivity contribution in [1.29, 1.82) is 0 Å². The maximum absolute atomic E-state index is 12.3. The van der Waals surface area contributed by atoms with Gasteiger partial charge in [-0.05, 0) is 36.6 Å². The Morgan fingerprint density at radius 3 is 2.71 bits per heavy atom. The van der Waals surface area contributed by atoms with E-state index in [2.05, 4.69) is 15.3 Å². The van der Waals surface area contributed by atoms with Gasteiger partial charge in [-0.2, -0.15) is 0 Å². The number of para-hydroxylation sites is 1. The third-order valence-corrected chi connectivity index (χ3v) is 5.14. The van der Waals surface area contributed by atoms with Crippen LogP contribution >= 0.6 is 0 Å². The number of fused-ring (bicyclic) bond motifs is 1. The Labute approximate surface area is 179 Å². The molecule has 2 aromatic heterocycles. The molecule has 1 amide bonds. The summed E-state index contributed by atoms with van der Waals surface area (Å²) in [6, 6.07) is 16.8. The van der Waals surface area contributed by atoms with Gasteiger partial charge >= 0.3 is 0 Å². The van der Waals surface area contributed by atoms with Crippen molar-refractivity contribution in [1.82, 2.24) is 15.3 Å². The molecular formula is C24H24N4O3. The molecule has 158 valence electrons. The van der Waals surface area contributed by atoms with Gasteiger partial charge in [0.15, 0.2) is 11.6 Å². The van der Waals surface area contributed by atoms with Crippen LogP contribution in [0.1, 0.15) is 23.7 Å². The lowest BCUT2D eigenvalue weighted by Gasteiger charge is -2.11. The third-order valence-electron chi connectivity index (χ3n) is 5.14. The molecule has 0 fully saturated rings. The standard InChI is InChI=1S/C24H24N4O3/c1-15(10-11-29)13-27-24(30)17-8-6-16(7-9-17)19-14-26-23(25)22(28-19)21-12-18-4-2-3-5-20(18)31-21/h2-9,12,14-15,29H,10-11,13H2,1H3,(H2,25,26)(H,27,30). The lowest BCUT2D eigenvalue weighted by atomic mass is 10.1. The van der Waals surface area contributed by atoms with E-state index in [-0.39, 0.29) is 24.2 Å². The normalized spacial score (nSPS) is 12.1. The third kappa shape index (κ3) is 4.57. The quantitative estimate of drug-likeness (QED) is 0.421. The number of nitrogens with two attached hydrogens (primary N) is 1. The van der Waals surface area contributed by atoms with Crippen LogP contribution in [0.2, 0.25) is 0 Å². The van der Waals surface area contributed by atoms with Gasteiger partial charge in [0.05, 0.1) is 11.9 Å². The van der Waals surface area contributed by atoms with Crippen molar-refractivity contribution in [2.24, 2.45) is 5.92 Å². The molecule has 1 unspecified atom stereocenters. The lowest BCUT2D eigenvalue weighted by molar-refractivity contribution is 0.0945. The highest BCUT2D eigenvalue weighted by atomic mass is 16.3. The van der Waals surface area contributed by atoms with Crippen molar-refractivity contribution < 1.29 is 14.3 Å². The number of anilines is 1. The number of aliphatic hydroxyl groups is 1. The van der Waals surface area contributed by atoms with Crippen LogP contribution in [0.15, 0.2) is 65.2 Å². The molecule has 0 radical (unpaired) electrons. The molecule has 0 spiro atoms. The molecule has 0 saturated heterocycles. The Kier molecular flexibility index (Phi) is 5.95. The molecule has 4 N–H and O–H groups in total. The van der Waals surface area contributed by atoms with Gasteiger partial charge in [-0.15, -0.1) is 0 Å². The maximum Gasteiger partial charge on any atom is 0.251 e. The van der Waals surface area contributed by atoms with Crippen molar-refractivity contribution in [2.45, 2.75) is 13.3 Å². The summed E-state index contributed by atoms with van der Waals surface area (Å²) in [5, 5.41) is 12.8. The van der Waals surface area contributed by atoms with Gasteiger partial charge in [-0.25, -0.2) is 9.97 Å². The predicted molar refractivity (Wildman–Crippen MR) is 120 cm³/mol. The number of rotatable bonds is 7. The van der Waals surface area contributed by atoms with E-state index < -0.39 is 0 Å². The zero-order chi connectivity index (χ0) is 21.8. The van der Waals surface area contributed by atoms with E-state index in [1.165, 1.54) is 0 Å². The number of hydrogen-bond donors (Lipinski definition) is 3. The molecular weight excluding hydrogens is 392 g/mol. The molecule has 0 saturated carbocycles. The van der Waals surface area contributed by atoms with E-state index >= 15 is 0 Å². The van der Waals surface area contributed by atoms with Crippen molar-refractivity contribution in [3.8, 4) is 22.7 Å². The molecule has 0 aliphatic heterocycles. The van der Waals surface area contributed by atoms with Crippen LogP contribution in [-0.4, -0.2) is 34.1 Å². The molecule has 4 rings (SSSR count). The van der Waals surface area contributed by atoms with E-state index in [0.29, 0.717) is 35.7 Å². The second-order valence-electron chi connectivity index (χ2n) is 7.54. The maximum atomic E-state index is 12.3. The second kappa shape index (κ2) is 8.97. The van der Waals surface area contributed by atoms with Crippen LogP contribution < -0.4 is 11.1 Å². The highest BCUT2D eigenvalue weighted by Gasteiger charge is 2.14. The zero-order valence-corrected chi connectivity index (χ0v) is 17.2. The average Bonchev–Trinajstić information content (AvgIpc) is 3.22. The fourth-order valence-electron chi connectivity index (χ4n) is 3.30. The summed E-state index contributed by atoms with van der Waals surface area (Å²) in [6.07, 6.45) is 2.26. The number of hydrogen-bond acceptors (Lipinski definition) is 6. The van der Waals surface area contributed by atoms with Crippen LogP contribution in [0.25, 0.3) is 33.7 Å². The monoisotopic (exact) mass is 416 g/mol. The van der Waals surface area contributed by atoms with E-state index in [4.69, 9.17) is 15.3 Å². The number of nitrogens with zero attached hydrogens (tertiary/aromatic N) is 2. The first kappa shape index (κ1) is 20.6. The van der Waals surface area contributed by atoms with E-state index in [9.17, 15) is 4.79 Å². The molecule has 4 aromatic rings. The van der Waals surface area contributed by atoms with Crippen molar-refractivity contribution >= 4 is 22.7 Å². The lowest BCUT2D eigenvalue weighted by Crippen LogP contribution is -2.28. The highest BCUT2D eigenvalue weighted by Crippen LogP contribution is 2.30. The Morgan fingerprint density at radius 2 is 1.97 bits per heavy atom. The van der Waals surface area contributed by atoms with Crippen LogP contribution in [0.5, 0.6) is 0 Å². The summed E-state index contributed by atoms with van der Waals surface area (Å²) >= 11 is 0. The SMILES string of the molecule is CC(CCO)CNC(=O)c1ccc(-c2cnc(N)c(-c3cc4ccccc4o3)n2)cc1. The molecule has 2 heterocycles. The first-order valence-corrected chi connectivity index (χ1v) is 10.2. The number of aliphatic hydroxyl groups excluding tert-OH is 1. The Balaban J connectivity index is 1.55. The fourth-order valence-corrected chi connectivity index (χ4v) is 3.30. The number of aromatic nitrogens is 2. The molecule has 0 aliphatic rings. The molecule has 2 aromatic carbocycles. The molecule has 7 heteroatoms. The summed E-state index contributed by atoms with van der Waals surface area (Å²) in [6.45, 7) is 2.62. The van der Waals surface area contributed by atoms with E-state index in [1.807, 2.05) is 49.4 Å². The fraction of sp³-hybridized carbons (Fsp3) is 0.208. The molecule has 1 atom stereocenters. The number of nitrogens with one attached hydrogen (secondary N) is 1. The van der Waals surface area contributed by atoms with Gasteiger partial charge < -0.3 is 20.6 Å². The van der Waals surface area contributed by atoms with Crippen molar-refractivity contribution in [3.05, 3.63) is 66.4 Å². The summed E-state index contributed by atoms with van der Waals surface area (Å²) < 4.78 is 5.89. The summed E-state index contributed by atoms with van der Waals surface area (Å²) in [5.74, 6) is 0.912. The summed E-state index contributed by atoms with van der Waals surface area (Å²) in [4.78, 5) is 21.3. The zero-order valence-electron chi connectivity index (χ0n) is 17.2. The minimum Gasteiger partial charge on any atom is -0.454 e. The molecule has 0 aliphatic carbocycles. The summed E-state index contributed by atoms with van der Waals surface area (Å²) in [7, 11) is 0. The largest absolute Gasteiger partial charge is 0.454 e. The molecule has 7 nitrogen and oxygen atoms in total. The van der Waals surface area contributed by atoms with Gasteiger partial charge in [0.2, 0.25) is 0 Å². The number of amides is 1. The number of nitrogen functional groups attached to an aromatic ring is 1. The van der Waals surface area contributed by atoms with E-state index in [1.54, 1.807) is 18.3 Å². The minimum atomic E-state index is -0.150. The smallest absolute Gasteiger partial charge is 0.251 e. The predicted octanol–water partition coefficient (Wildman–Crippen LogP) is 3.89. The Bertz CT molecular complexity index is 1170. The second-order valence-corrected chi connectivity index (χ2v) is 7.54. The highest BCUT2D eigenvalue weighted by molar-refractivity contribution is 5.94. The van der Waals surface area contributed by atoms with Gasteiger partial charge in [-0.3, -0.25) is 4.79 Å². The number of carbonyl (C=O) groups excluding carboxylic acids is 1. The van der Waals surface area contributed by atoms with Crippen LogP contribution in [0, 0.1) is 5.92 Å². The molecule has 31 heavy (non-hydrogen) atoms. The first-order valence-electron chi connectivity index (χ1n) is 10.2. The van der Waals surface area contributed by atoms with Gasteiger partial charge in [0.1, 0.15) is 11.3 Å². The Hall–Kier alpha value is -3.71. The number of furan rings is 1. The van der Waals surface area contributed by atoms with E-state index in [0.717, 1.165) is 16.5 Å². The number of benzene rings is 2. The van der Waals surface area contributed by atoms with Gasteiger partial charge in [0, 0.05) is 29.7 Å². The van der Waals surface area contributed by atoms with Crippen molar-refractivity contribution in [2.75, 3.05) is 18.9 Å². The van der Waals surface area contributed by atoms with Crippen LogP contribution in [0.3, 0.4) is 0 Å². The number of carbonyl (C=O) groups is 1. The Morgan fingerprint density at radius 1 is 1.19 bits per heavy atom. The minimum absolute atomic E-state index is 0.115. The first-order chi connectivity index (χ1) is 15.0. The summed E-state index contributed by atoms with van der Waals surface area (Å²) in [5.41, 5.74) is 9.30. The average molecular weight is 416 g/mol. The topological polar surface area (TPSA) is 114 Å². The van der Waals surface area contributed by atoms with Crippen LogP contribution in [0.4, 0.5) is 5.82 Å². The van der Waals surface area contributed by atoms with Crippen LogP contribution in [-0.2, 0) is 0 Å². The molecule has 0 bridgehead atoms.